The van der Waals surface area contributed by atoms with Crippen LogP contribution < -0.4 is 11.1 Å². The number of rotatable bonds is 6. The Morgan fingerprint density at radius 3 is 2.63 bits per heavy atom. The summed E-state index contributed by atoms with van der Waals surface area (Å²) in [5.74, 6) is 0.608. The summed E-state index contributed by atoms with van der Waals surface area (Å²) in [5.41, 5.74) is 6.08. The van der Waals surface area contributed by atoms with Gasteiger partial charge in [0, 0.05) is 19.0 Å². The minimum atomic E-state index is 0.198. The number of hydrogen-bond donors (Lipinski definition) is 2. The lowest BCUT2D eigenvalue weighted by molar-refractivity contribution is -0.122. The lowest BCUT2D eigenvalue weighted by Crippen LogP contribution is -2.37. The fraction of sp³-hybridized carbons (Fsp3) is 0.933. The van der Waals surface area contributed by atoms with Crippen molar-refractivity contribution in [1.82, 2.24) is 10.2 Å². The van der Waals surface area contributed by atoms with Gasteiger partial charge in [-0.2, -0.15) is 0 Å². The third-order valence-electron chi connectivity index (χ3n) is 4.59. The maximum atomic E-state index is 11.9. The predicted octanol–water partition coefficient (Wildman–Crippen LogP) is 1.50. The minimum absolute atomic E-state index is 0.198. The molecule has 4 nitrogen and oxygen atoms in total. The monoisotopic (exact) mass is 267 g/mol. The van der Waals surface area contributed by atoms with Crippen molar-refractivity contribution in [2.75, 3.05) is 26.2 Å². The molecule has 2 rings (SSSR count). The van der Waals surface area contributed by atoms with Gasteiger partial charge in [0.25, 0.3) is 0 Å². The van der Waals surface area contributed by atoms with Crippen LogP contribution in [-0.2, 0) is 4.79 Å². The summed E-state index contributed by atoms with van der Waals surface area (Å²) in [6, 6.07) is 0.240. The standard InChI is InChI=1S/C15H29N3O/c16-14-7-2-1-6-13(14)12-15(19)17-8-5-11-18-9-3-4-10-18/h13-14H,1-12,16H2,(H,17,19). The molecule has 1 aliphatic carbocycles. The second kappa shape index (κ2) is 7.85. The van der Waals surface area contributed by atoms with Crippen LogP contribution in [0.1, 0.15) is 51.4 Å². The molecule has 2 atom stereocenters. The normalized spacial score (nSPS) is 28.5. The SMILES string of the molecule is NC1CCCCC1CC(=O)NCCCN1CCCC1. The van der Waals surface area contributed by atoms with E-state index >= 15 is 0 Å². The van der Waals surface area contributed by atoms with Crippen LogP contribution in [0, 0.1) is 5.92 Å². The van der Waals surface area contributed by atoms with Crippen LogP contribution in [0.2, 0.25) is 0 Å². The Morgan fingerprint density at radius 1 is 1.16 bits per heavy atom. The van der Waals surface area contributed by atoms with Gasteiger partial charge in [-0.15, -0.1) is 0 Å². The highest BCUT2D eigenvalue weighted by Crippen LogP contribution is 2.25. The van der Waals surface area contributed by atoms with Gasteiger partial charge in [-0.1, -0.05) is 12.8 Å². The first-order chi connectivity index (χ1) is 9.25. The minimum Gasteiger partial charge on any atom is -0.356 e. The molecule has 2 aliphatic rings. The van der Waals surface area contributed by atoms with Gasteiger partial charge in [0.2, 0.25) is 5.91 Å². The van der Waals surface area contributed by atoms with Crippen molar-refractivity contribution in [1.29, 1.82) is 0 Å². The average Bonchev–Trinajstić information content (AvgIpc) is 2.91. The summed E-state index contributed by atoms with van der Waals surface area (Å²) in [4.78, 5) is 14.4. The Hall–Kier alpha value is -0.610. The van der Waals surface area contributed by atoms with Gasteiger partial charge in [-0.25, -0.2) is 0 Å². The van der Waals surface area contributed by atoms with Crippen LogP contribution in [0.4, 0.5) is 0 Å². The third kappa shape index (κ3) is 5.11. The average molecular weight is 267 g/mol. The topological polar surface area (TPSA) is 58.4 Å². The van der Waals surface area contributed by atoms with E-state index in [1.807, 2.05) is 0 Å². The number of nitrogens with zero attached hydrogens (tertiary/aromatic N) is 1. The van der Waals surface area contributed by atoms with Crippen LogP contribution in [0.3, 0.4) is 0 Å². The molecule has 2 unspecified atom stereocenters. The number of amides is 1. The van der Waals surface area contributed by atoms with Gasteiger partial charge >= 0.3 is 0 Å². The molecule has 1 heterocycles. The van der Waals surface area contributed by atoms with Crippen LogP contribution >= 0.6 is 0 Å². The quantitative estimate of drug-likeness (QED) is 0.717. The number of hydrogen-bond acceptors (Lipinski definition) is 3. The molecule has 1 aliphatic heterocycles. The van der Waals surface area contributed by atoms with Crippen LogP contribution in [-0.4, -0.2) is 43.0 Å². The van der Waals surface area contributed by atoms with Gasteiger partial charge < -0.3 is 16.0 Å². The van der Waals surface area contributed by atoms with E-state index in [4.69, 9.17) is 5.73 Å². The number of carbonyl (C=O) groups excluding carboxylic acids is 1. The van der Waals surface area contributed by atoms with E-state index in [9.17, 15) is 4.79 Å². The van der Waals surface area contributed by atoms with Crippen LogP contribution in [0.25, 0.3) is 0 Å². The molecule has 2 fully saturated rings. The van der Waals surface area contributed by atoms with Crippen LogP contribution in [0.15, 0.2) is 0 Å². The number of likely N-dealkylation sites (tertiary alicyclic amines) is 1. The zero-order chi connectivity index (χ0) is 13.5. The smallest absolute Gasteiger partial charge is 0.220 e. The summed E-state index contributed by atoms with van der Waals surface area (Å²) >= 11 is 0. The Balaban J connectivity index is 1.53. The van der Waals surface area contributed by atoms with Crippen molar-refractivity contribution in [3.05, 3.63) is 0 Å². The van der Waals surface area contributed by atoms with Crippen molar-refractivity contribution in [3.8, 4) is 0 Å². The summed E-state index contributed by atoms with van der Waals surface area (Å²) < 4.78 is 0. The Bertz CT molecular complexity index is 277. The summed E-state index contributed by atoms with van der Waals surface area (Å²) in [5, 5.41) is 3.05. The molecule has 0 bridgehead atoms. The summed E-state index contributed by atoms with van der Waals surface area (Å²) in [6.45, 7) is 4.43. The Labute approximate surface area is 117 Å². The number of carbonyl (C=O) groups is 1. The molecule has 19 heavy (non-hydrogen) atoms. The molecule has 110 valence electrons. The second-order valence-corrected chi connectivity index (χ2v) is 6.16. The maximum Gasteiger partial charge on any atom is 0.220 e. The fourth-order valence-corrected chi connectivity index (χ4v) is 3.34. The molecule has 0 aromatic rings. The largest absolute Gasteiger partial charge is 0.356 e. The highest BCUT2D eigenvalue weighted by Gasteiger charge is 2.23. The van der Waals surface area contributed by atoms with Crippen LogP contribution in [0.5, 0.6) is 0 Å². The number of nitrogens with two attached hydrogens (primary N) is 1. The van der Waals surface area contributed by atoms with E-state index < -0.39 is 0 Å². The third-order valence-corrected chi connectivity index (χ3v) is 4.59. The van der Waals surface area contributed by atoms with Gasteiger partial charge in [-0.3, -0.25) is 4.79 Å². The lowest BCUT2D eigenvalue weighted by Gasteiger charge is -2.28. The first kappa shape index (κ1) is 14.8. The molecule has 0 aromatic carbocycles. The zero-order valence-corrected chi connectivity index (χ0v) is 12.1. The van der Waals surface area contributed by atoms with E-state index in [-0.39, 0.29) is 11.9 Å². The number of nitrogens with one attached hydrogen (secondary N) is 1. The summed E-state index contributed by atoms with van der Waals surface area (Å²) in [6.07, 6.45) is 9.07. The summed E-state index contributed by atoms with van der Waals surface area (Å²) in [7, 11) is 0. The predicted molar refractivity (Wildman–Crippen MR) is 77.9 cm³/mol. The molecule has 3 N–H and O–H groups in total. The molecule has 0 radical (unpaired) electrons. The molecule has 1 saturated heterocycles. The first-order valence-electron chi connectivity index (χ1n) is 8.00. The highest BCUT2D eigenvalue weighted by atomic mass is 16.1. The molecule has 1 saturated carbocycles. The van der Waals surface area contributed by atoms with Crippen molar-refractivity contribution in [2.24, 2.45) is 11.7 Å². The van der Waals surface area contributed by atoms with Gasteiger partial charge in [-0.05, 0) is 57.7 Å². The molecule has 0 spiro atoms. The lowest BCUT2D eigenvalue weighted by atomic mass is 9.83. The maximum absolute atomic E-state index is 11.9. The van der Waals surface area contributed by atoms with E-state index in [0.29, 0.717) is 12.3 Å². The molecular weight excluding hydrogens is 238 g/mol. The Kier molecular flexibility index (Phi) is 6.11. The van der Waals surface area contributed by atoms with Gasteiger partial charge in [0.1, 0.15) is 0 Å². The molecule has 1 amide bonds. The highest BCUT2D eigenvalue weighted by molar-refractivity contribution is 5.76. The Morgan fingerprint density at radius 2 is 1.89 bits per heavy atom. The van der Waals surface area contributed by atoms with Gasteiger partial charge in [0.05, 0.1) is 0 Å². The van der Waals surface area contributed by atoms with Crippen molar-refractivity contribution < 1.29 is 4.79 Å². The van der Waals surface area contributed by atoms with E-state index in [0.717, 1.165) is 32.4 Å². The molecular formula is C15H29N3O. The van der Waals surface area contributed by atoms with E-state index in [1.54, 1.807) is 0 Å². The fourth-order valence-electron chi connectivity index (χ4n) is 3.34. The van der Waals surface area contributed by atoms with Crippen molar-refractivity contribution in [2.45, 2.75) is 57.4 Å². The van der Waals surface area contributed by atoms with E-state index in [1.165, 1.54) is 38.8 Å². The molecule has 4 heteroatoms. The van der Waals surface area contributed by atoms with Crippen molar-refractivity contribution >= 4 is 5.91 Å². The second-order valence-electron chi connectivity index (χ2n) is 6.16. The molecule has 0 aromatic heterocycles. The van der Waals surface area contributed by atoms with Crippen molar-refractivity contribution in [3.63, 3.8) is 0 Å². The van der Waals surface area contributed by atoms with Gasteiger partial charge in [0.15, 0.2) is 0 Å². The first-order valence-corrected chi connectivity index (χ1v) is 8.00. The van der Waals surface area contributed by atoms with E-state index in [2.05, 4.69) is 10.2 Å². The zero-order valence-electron chi connectivity index (χ0n) is 12.1.